The maximum atomic E-state index is 6.20. The number of ether oxygens (including phenoxy) is 2. The largest absolute Gasteiger partial charge is 0.488 e. The van der Waals surface area contributed by atoms with Gasteiger partial charge in [0.2, 0.25) is 0 Å². The second kappa shape index (κ2) is 10.3. The lowest BCUT2D eigenvalue weighted by Crippen LogP contribution is -2.36. The molecule has 1 aliphatic heterocycles. The van der Waals surface area contributed by atoms with Crippen LogP contribution in [-0.4, -0.2) is 46.4 Å². The summed E-state index contributed by atoms with van der Waals surface area (Å²) in [7, 11) is 5.91. The average Bonchev–Trinajstić information content (AvgIpc) is 3.23. The first-order valence-corrected chi connectivity index (χ1v) is 10.5. The van der Waals surface area contributed by atoms with E-state index in [0.29, 0.717) is 13.2 Å². The summed E-state index contributed by atoms with van der Waals surface area (Å²) in [6.07, 6.45) is 1.08. The Labute approximate surface area is 180 Å². The molecule has 0 aromatic heterocycles. The van der Waals surface area contributed by atoms with Crippen molar-refractivity contribution in [3.63, 3.8) is 0 Å². The first-order chi connectivity index (χ1) is 14.5. The summed E-state index contributed by atoms with van der Waals surface area (Å²) in [5.74, 6) is 1.69. The third kappa shape index (κ3) is 5.89. The predicted octanol–water partition coefficient (Wildman–Crippen LogP) is 3.40. The quantitative estimate of drug-likeness (QED) is 0.541. The molecule has 2 aromatic rings. The van der Waals surface area contributed by atoms with Crippen molar-refractivity contribution in [3.8, 4) is 5.75 Å². The number of hydrogen-bond donors (Lipinski definition) is 2. The molecule has 162 valence electrons. The second-order valence-corrected chi connectivity index (χ2v) is 8.00. The average molecular weight is 411 g/mol. The number of nitrogens with one attached hydrogen (secondary N) is 2. The number of guanidine groups is 1. The minimum atomic E-state index is 0.135. The zero-order chi connectivity index (χ0) is 21.5. The maximum Gasteiger partial charge on any atom is 0.191 e. The van der Waals surface area contributed by atoms with Crippen LogP contribution in [0.1, 0.15) is 28.7 Å². The molecule has 0 aliphatic carbocycles. The van der Waals surface area contributed by atoms with Crippen LogP contribution in [0.5, 0.6) is 5.75 Å². The summed E-state index contributed by atoms with van der Waals surface area (Å²) in [4.78, 5) is 6.48. The van der Waals surface area contributed by atoms with Gasteiger partial charge in [0.05, 0.1) is 13.2 Å². The molecule has 0 spiro atoms. The van der Waals surface area contributed by atoms with Gasteiger partial charge in [-0.15, -0.1) is 0 Å². The van der Waals surface area contributed by atoms with E-state index in [1.165, 1.54) is 22.4 Å². The van der Waals surface area contributed by atoms with E-state index in [9.17, 15) is 0 Å². The van der Waals surface area contributed by atoms with Gasteiger partial charge in [-0.05, 0) is 48.7 Å². The Balaban J connectivity index is 1.59. The van der Waals surface area contributed by atoms with Crippen LogP contribution in [0.25, 0.3) is 0 Å². The van der Waals surface area contributed by atoms with Gasteiger partial charge in [-0.3, -0.25) is 4.99 Å². The zero-order valence-corrected chi connectivity index (χ0v) is 18.8. The summed E-state index contributed by atoms with van der Waals surface area (Å²) >= 11 is 0. The molecular formula is C24H34N4O2. The van der Waals surface area contributed by atoms with Crippen molar-refractivity contribution in [2.45, 2.75) is 39.5 Å². The van der Waals surface area contributed by atoms with Gasteiger partial charge in [-0.1, -0.05) is 18.2 Å². The molecule has 6 nitrogen and oxygen atoms in total. The van der Waals surface area contributed by atoms with Crippen LogP contribution in [0.15, 0.2) is 41.4 Å². The molecule has 0 radical (unpaired) electrons. The van der Waals surface area contributed by atoms with Crippen LogP contribution in [0.3, 0.4) is 0 Å². The molecule has 0 saturated carbocycles. The lowest BCUT2D eigenvalue weighted by atomic mass is 10.1. The van der Waals surface area contributed by atoms with Gasteiger partial charge in [0.25, 0.3) is 0 Å². The third-order valence-electron chi connectivity index (χ3n) is 5.36. The summed E-state index contributed by atoms with van der Waals surface area (Å²) in [5.41, 5.74) is 6.02. The fourth-order valence-corrected chi connectivity index (χ4v) is 3.44. The fourth-order valence-electron chi connectivity index (χ4n) is 3.44. The summed E-state index contributed by atoms with van der Waals surface area (Å²) in [6.45, 7) is 7.02. The van der Waals surface area contributed by atoms with E-state index in [2.05, 4.69) is 84.9 Å². The number of nitrogens with zero attached hydrogens (tertiary/aromatic N) is 2. The highest BCUT2D eigenvalue weighted by Crippen LogP contribution is 2.24. The van der Waals surface area contributed by atoms with Crippen LogP contribution in [-0.2, 0) is 17.8 Å². The number of benzene rings is 2. The van der Waals surface area contributed by atoms with Crippen molar-refractivity contribution in [2.75, 3.05) is 39.3 Å². The second-order valence-electron chi connectivity index (χ2n) is 8.00. The Morgan fingerprint density at radius 1 is 1.10 bits per heavy atom. The predicted molar refractivity (Wildman–Crippen MR) is 124 cm³/mol. The minimum absolute atomic E-state index is 0.135. The Hall–Kier alpha value is -2.73. The van der Waals surface area contributed by atoms with E-state index in [1.54, 1.807) is 7.05 Å². The highest BCUT2D eigenvalue weighted by molar-refractivity contribution is 5.79. The molecule has 1 unspecified atom stereocenters. The topological polar surface area (TPSA) is 58.1 Å². The van der Waals surface area contributed by atoms with Gasteiger partial charge in [-0.2, -0.15) is 0 Å². The molecule has 1 saturated heterocycles. The maximum absolute atomic E-state index is 6.20. The normalized spacial score (nSPS) is 16.4. The Morgan fingerprint density at radius 3 is 2.47 bits per heavy atom. The van der Waals surface area contributed by atoms with E-state index in [0.717, 1.165) is 36.8 Å². The molecule has 1 heterocycles. The lowest BCUT2D eigenvalue weighted by Gasteiger charge is -2.19. The van der Waals surface area contributed by atoms with Crippen molar-refractivity contribution >= 4 is 11.6 Å². The molecule has 1 atom stereocenters. The van der Waals surface area contributed by atoms with Gasteiger partial charge in [0.15, 0.2) is 5.96 Å². The molecule has 0 amide bonds. The van der Waals surface area contributed by atoms with E-state index in [-0.39, 0.29) is 6.10 Å². The minimum Gasteiger partial charge on any atom is -0.488 e. The van der Waals surface area contributed by atoms with E-state index in [1.807, 2.05) is 0 Å². The van der Waals surface area contributed by atoms with Gasteiger partial charge in [-0.25, -0.2) is 0 Å². The smallest absolute Gasteiger partial charge is 0.191 e. The number of aryl methyl sites for hydroxylation is 2. The van der Waals surface area contributed by atoms with Crippen molar-refractivity contribution in [1.82, 2.24) is 10.6 Å². The number of rotatable bonds is 7. The van der Waals surface area contributed by atoms with Gasteiger partial charge >= 0.3 is 0 Å². The Morgan fingerprint density at radius 2 is 1.83 bits per heavy atom. The third-order valence-corrected chi connectivity index (χ3v) is 5.36. The number of hydrogen-bond acceptors (Lipinski definition) is 4. The van der Waals surface area contributed by atoms with E-state index in [4.69, 9.17) is 9.47 Å². The molecule has 3 rings (SSSR count). The van der Waals surface area contributed by atoms with Crippen LogP contribution in [0, 0.1) is 13.8 Å². The van der Waals surface area contributed by atoms with Crippen molar-refractivity contribution in [1.29, 1.82) is 0 Å². The van der Waals surface area contributed by atoms with Crippen LogP contribution < -0.4 is 20.3 Å². The SMILES string of the molecule is CN=C(NCc1ccc(N(C)C)cc1C)NCc1ccc(C)cc1OC1CCOC1. The summed E-state index contributed by atoms with van der Waals surface area (Å²) in [5, 5.41) is 6.82. The zero-order valence-electron chi connectivity index (χ0n) is 18.8. The summed E-state index contributed by atoms with van der Waals surface area (Å²) in [6, 6.07) is 12.8. The molecule has 1 fully saturated rings. The summed E-state index contributed by atoms with van der Waals surface area (Å²) < 4.78 is 11.6. The molecule has 1 aliphatic rings. The molecule has 2 N–H and O–H groups in total. The highest BCUT2D eigenvalue weighted by atomic mass is 16.5. The van der Waals surface area contributed by atoms with Crippen molar-refractivity contribution in [3.05, 3.63) is 58.7 Å². The molecule has 6 heteroatoms. The van der Waals surface area contributed by atoms with Crippen LogP contribution >= 0.6 is 0 Å². The molecule has 2 aromatic carbocycles. The van der Waals surface area contributed by atoms with E-state index < -0.39 is 0 Å². The van der Waals surface area contributed by atoms with Gasteiger partial charge < -0.3 is 25.0 Å². The molecule has 0 bridgehead atoms. The first kappa shape index (κ1) is 22.0. The highest BCUT2D eigenvalue weighted by Gasteiger charge is 2.18. The van der Waals surface area contributed by atoms with Crippen molar-refractivity contribution in [2.24, 2.45) is 4.99 Å². The number of anilines is 1. The van der Waals surface area contributed by atoms with Gasteiger partial charge in [0, 0.05) is 51.9 Å². The number of aliphatic imine (C=N–C) groups is 1. The Bertz CT molecular complexity index is 874. The van der Waals surface area contributed by atoms with Crippen LogP contribution in [0.4, 0.5) is 5.69 Å². The molecular weight excluding hydrogens is 376 g/mol. The standard InChI is InChI=1S/C24H34N4O2/c1-17-6-7-20(23(12-17)30-22-10-11-29-16-22)15-27-24(25-3)26-14-19-8-9-21(28(4)5)13-18(19)2/h6-9,12-13,22H,10-11,14-16H2,1-5H3,(H2,25,26,27). The van der Waals surface area contributed by atoms with E-state index >= 15 is 0 Å². The van der Waals surface area contributed by atoms with Crippen LogP contribution in [0.2, 0.25) is 0 Å². The lowest BCUT2D eigenvalue weighted by molar-refractivity contribution is 0.140. The monoisotopic (exact) mass is 410 g/mol. The first-order valence-electron chi connectivity index (χ1n) is 10.5. The fraction of sp³-hybridized carbons (Fsp3) is 0.458. The van der Waals surface area contributed by atoms with Crippen molar-refractivity contribution < 1.29 is 9.47 Å². The Kier molecular flexibility index (Phi) is 7.57. The molecule has 30 heavy (non-hydrogen) atoms. The van der Waals surface area contributed by atoms with Gasteiger partial charge in [0.1, 0.15) is 11.9 Å².